The van der Waals surface area contributed by atoms with E-state index in [0.717, 1.165) is 12.1 Å². The minimum Gasteiger partial charge on any atom is -0.406 e. The molecule has 0 radical (unpaired) electrons. The third-order valence-corrected chi connectivity index (χ3v) is 3.72. The Labute approximate surface area is 162 Å². The topological polar surface area (TPSA) is 113 Å². The number of hydrogen-bond acceptors (Lipinski definition) is 6. The summed E-state index contributed by atoms with van der Waals surface area (Å²) in [5, 5.41) is 18.3. The first-order valence-electron chi connectivity index (χ1n) is 8.42. The number of aromatic nitrogens is 4. The molecule has 11 heteroatoms. The number of rotatable bonds is 6. The van der Waals surface area contributed by atoms with Crippen LogP contribution in [0.4, 0.5) is 13.2 Å². The summed E-state index contributed by atoms with van der Waals surface area (Å²) in [6, 6.07) is 7.57. The van der Waals surface area contributed by atoms with E-state index in [0.29, 0.717) is 17.0 Å². The zero-order chi connectivity index (χ0) is 21.0. The number of benzene rings is 1. The van der Waals surface area contributed by atoms with Gasteiger partial charge in [-0.1, -0.05) is 0 Å². The van der Waals surface area contributed by atoms with E-state index in [4.69, 9.17) is 5.11 Å². The molecule has 0 fully saturated rings. The highest BCUT2D eigenvalue weighted by Gasteiger charge is 2.31. The highest BCUT2D eigenvalue weighted by atomic mass is 19.4. The Morgan fingerprint density at radius 1 is 1.21 bits per heavy atom. The first-order valence-corrected chi connectivity index (χ1v) is 8.42. The van der Waals surface area contributed by atoms with Gasteiger partial charge in [0.2, 0.25) is 0 Å². The molecule has 0 spiro atoms. The Kier molecular flexibility index (Phi) is 5.78. The second-order valence-corrected chi connectivity index (χ2v) is 6.05. The van der Waals surface area contributed by atoms with Gasteiger partial charge in [0.15, 0.2) is 5.82 Å². The van der Waals surface area contributed by atoms with Crippen molar-refractivity contribution >= 4 is 5.91 Å². The lowest BCUT2D eigenvalue weighted by Crippen LogP contribution is -2.35. The summed E-state index contributed by atoms with van der Waals surface area (Å²) >= 11 is 0. The summed E-state index contributed by atoms with van der Waals surface area (Å²) in [6.07, 6.45) is -3.24. The Balaban J connectivity index is 1.98. The van der Waals surface area contributed by atoms with E-state index < -0.39 is 18.3 Å². The van der Waals surface area contributed by atoms with E-state index in [1.807, 2.05) is 0 Å². The molecular weight excluding hydrogens is 391 g/mol. The number of alkyl halides is 3. The highest BCUT2D eigenvalue weighted by molar-refractivity contribution is 5.94. The number of halogens is 3. The summed E-state index contributed by atoms with van der Waals surface area (Å²) in [5.74, 6) is -0.761. The van der Waals surface area contributed by atoms with Gasteiger partial charge < -0.3 is 15.2 Å². The number of carbonyl (C=O) groups is 1. The smallest absolute Gasteiger partial charge is 0.406 e. The van der Waals surface area contributed by atoms with E-state index in [9.17, 15) is 18.0 Å². The van der Waals surface area contributed by atoms with Crippen LogP contribution in [0.25, 0.3) is 22.8 Å². The van der Waals surface area contributed by atoms with Crippen molar-refractivity contribution in [2.45, 2.75) is 19.3 Å². The van der Waals surface area contributed by atoms with Gasteiger partial charge in [-0.2, -0.15) is 5.10 Å². The molecule has 29 heavy (non-hydrogen) atoms. The number of hydrogen-bond donors (Lipinski definition) is 3. The summed E-state index contributed by atoms with van der Waals surface area (Å²) < 4.78 is 40.9. The van der Waals surface area contributed by atoms with Crippen LogP contribution in [0.3, 0.4) is 0 Å². The Morgan fingerprint density at radius 2 is 1.93 bits per heavy atom. The van der Waals surface area contributed by atoms with E-state index >= 15 is 0 Å². The van der Waals surface area contributed by atoms with Gasteiger partial charge in [0.25, 0.3) is 5.91 Å². The van der Waals surface area contributed by atoms with Crippen molar-refractivity contribution in [1.82, 2.24) is 25.5 Å². The first-order chi connectivity index (χ1) is 13.7. The third kappa shape index (κ3) is 5.29. The predicted molar refractivity (Wildman–Crippen MR) is 95.7 cm³/mol. The molecule has 2 aromatic heterocycles. The zero-order valence-corrected chi connectivity index (χ0v) is 15.1. The van der Waals surface area contributed by atoms with Crippen LogP contribution in [0.15, 0.2) is 42.6 Å². The normalized spacial score (nSPS) is 12.4. The molecule has 2 heterocycles. The van der Waals surface area contributed by atoms with Crippen LogP contribution >= 0.6 is 0 Å². The summed E-state index contributed by atoms with van der Waals surface area (Å²) in [6.45, 7) is 1.37. The van der Waals surface area contributed by atoms with E-state index in [-0.39, 0.29) is 23.9 Å². The Morgan fingerprint density at radius 3 is 2.52 bits per heavy atom. The molecule has 3 rings (SSSR count). The number of nitrogens with one attached hydrogen (secondary N) is 2. The molecule has 0 bridgehead atoms. The SMILES string of the molecule is CC(CO)NC(=O)c1cc(-c2ccc(OC(F)(F)F)cc2)nc(-c2cc[nH]n2)n1. The molecule has 1 amide bonds. The fraction of sp³-hybridized carbons (Fsp3) is 0.222. The Hall–Kier alpha value is -3.47. The number of ether oxygens (including phenoxy) is 1. The molecule has 1 aromatic carbocycles. The number of amides is 1. The monoisotopic (exact) mass is 407 g/mol. The van der Waals surface area contributed by atoms with E-state index in [1.54, 1.807) is 19.2 Å². The molecule has 0 saturated heterocycles. The molecular formula is C18H16F3N5O3. The third-order valence-electron chi connectivity index (χ3n) is 3.72. The summed E-state index contributed by atoms with van der Waals surface area (Å²) in [5.41, 5.74) is 1.15. The number of aliphatic hydroxyl groups excluding tert-OH is 1. The van der Waals surface area contributed by atoms with Crippen molar-refractivity contribution < 1.29 is 27.8 Å². The van der Waals surface area contributed by atoms with Crippen LogP contribution < -0.4 is 10.1 Å². The van der Waals surface area contributed by atoms with Gasteiger partial charge in [0, 0.05) is 17.8 Å². The molecule has 3 aromatic rings. The maximum atomic E-state index is 12.4. The minimum atomic E-state index is -4.79. The van der Waals surface area contributed by atoms with Gasteiger partial charge in [0.1, 0.15) is 17.1 Å². The second-order valence-electron chi connectivity index (χ2n) is 6.05. The fourth-order valence-electron chi connectivity index (χ4n) is 2.38. The number of H-pyrrole nitrogens is 1. The van der Waals surface area contributed by atoms with Crippen molar-refractivity contribution in [3.63, 3.8) is 0 Å². The average Bonchev–Trinajstić information content (AvgIpc) is 3.21. The van der Waals surface area contributed by atoms with Crippen LogP contribution in [0.5, 0.6) is 5.75 Å². The van der Waals surface area contributed by atoms with Gasteiger partial charge in [-0.3, -0.25) is 9.89 Å². The van der Waals surface area contributed by atoms with Crippen LogP contribution in [-0.4, -0.2) is 50.2 Å². The van der Waals surface area contributed by atoms with Crippen LogP contribution in [0.2, 0.25) is 0 Å². The summed E-state index contributed by atoms with van der Waals surface area (Å²) in [7, 11) is 0. The second kappa shape index (κ2) is 8.27. The molecule has 3 N–H and O–H groups in total. The van der Waals surface area contributed by atoms with Crippen molar-refractivity contribution in [2.24, 2.45) is 0 Å². The lowest BCUT2D eigenvalue weighted by Gasteiger charge is -2.12. The number of carbonyl (C=O) groups excluding carboxylic acids is 1. The number of aliphatic hydroxyl groups is 1. The van der Waals surface area contributed by atoms with Gasteiger partial charge in [-0.05, 0) is 43.3 Å². The fourth-order valence-corrected chi connectivity index (χ4v) is 2.38. The van der Waals surface area contributed by atoms with Gasteiger partial charge in [0.05, 0.1) is 12.3 Å². The van der Waals surface area contributed by atoms with Gasteiger partial charge in [-0.25, -0.2) is 9.97 Å². The van der Waals surface area contributed by atoms with E-state index in [1.165, 1.54) is 18.2 Å². The molecule has 1 unspecified atom stereocenters. The summed E-state index contributed by atoms with van der Waals surface area (Å²) in [4.78, 5) is 21.0. The molecule has 0 aliphatic rings. The molecule has 1 atom stereocenters. The van der Waals surface area contributed by atoms with Crippen molar-refractivity contribution in [3.05, 3.63) is 48.3 Å². The standard InChI is InChI=1S/C18H16F3N5O3/c1-10(9-27)23-17(28)15-8-14(24-16(25-15)13-6-7-22-26-13)11-2-4-12(5-3-11)29-18(19,20)21/h2-8,10,27H,9H2,1H3,(H,22,26)(H,23,28). The lowest BCUT2D eigenvalue weighted by molar-refractivity contribution is -0.274. The number of nitrogens with zero attached hydrogens (tertiary/aromatic N) is 3. The predicted octanol–water partition coefficient (Wildman–Crippen LogP) is 2.54. The average molecular weight is 407 g/mol. The van der Waals surface area contributed by atoms with Crippen molar-refractivity contribution in [3.8, 4) is 28.5 Å². The molecule has 152 valence electrons. The van der Waals surface area contributed by atoms with Gasteiger partial charge >= 0.3 is 6.36 Å². The quantitative estimate of drug-likeness (QED) is 0.579. The van der Waals surface area contributed by atoms with Crippen LogP contribution in [-0.2, 0) is 0 Å². The van der Waals surface area contributed by atoms with Crippen molar-refractivity contribution in [1.29, 1.82) is 0 Å². The highest BCUT2D eigenvalue weighted by Crippen LogP contribution is 2.27. The largest absolute Gasteiger partial charge is 0.573 e. The van der Waals surface area contributed by atoms with Crippen molar-refractivity contribution in [2.75, 3.05) is 6.61 Å². The lowest BCUT2D eigenvalue weighted by atomic mass is 10.1. The van der Waals surface area contributed by atoms with E-state index in [2.05, 4.69) is 30.2 Å². The minimum absolute atomic E-state index is 0.0175. The first kappa shape index (κ1) is 20.3. The molecule has 8 nitrogen and oxygen atoms in total. The maximum absolute atomic E-state index is 12.4. The molecule has 0 saturated carbocycles. The molecule has 0 aliphatic heterocycles. The number of aromatic amines is 1. The zero-order valence-electron chi connectivity index (χ0n) is 15.1. The Bertz CT molecular complexity index is 975. The van der Waals surface area contributed by atoms with Gasteiger partial charge in [-0.15, -0.1) is 13.2 Å². The van der Waals surface area contributed by atoms with Crippen LogP contribution in [0.1, 0.15) is 17.4 Å². The maximum Gasteiger partial charge on any atom is 0.573 e. The van der Waals surface area contributed by atoms with Crippen LogP contribution in [0, 0.1) is 0 Å². The molecule has 0 aliphatic carbocycles.